The van der Waals surface area contributed by atoms with Gasteiger partial charge in [0, 0.05) is 19.8 Å². The molecule has 0 aliphatic rings. The van der Waals surface area contributed by atoms with Crippen LogP contribution in [0.3, 0.4) is 0 Å². The molecule has 0 aromatic rings. The Morgan fingerprint density at radius 3 is 2.53 bits per heavy atom. The second-order valence-corrected chi connectivity index (χ2v) is 4.10. The van der Waals surface area contributed by atoms with Crippen LogP contribution in [0, 0.1) is 5.92 Å². The lowest BCUT2D eigenvalue weighted by Gasteiger charge is -2.20. The first-order chi connectivity index (χ1) is 7.02. The van der Waals surface area contributed by atoms with E-state index in [4.69, 9.17) is 10.5 Å². The summed E-state index contributed by atoms with van der Waals surface area (Å²) in [7, 11) is 1.65. The zero-order chi connectivity index (χ0) is 11.8. The first kappa shape index (κ1) is 14.4. The summed E-state index contributed by atoms with van der Waals surface area (Å²) in [5, 5.41) is 2.89. The molecule has 0 rings (SSSR count). The van der Waals surface area contributed by atoms with Crippen molar-refractivity contribution in [3.05, 3.63) is 0 Å². The van der Waals surface area contributed by atoms with E-state index < -0.39 is 6.04 Å². The maximum Gasteiger partial charge on any atom is 0.237 e. The molecule has 0 radical (unpaired) electrons. The molecule has 1 amide bonds. The van der Waals surface area contributed by atoms with Gasteiger partial charge in [0.2, 0.25) is 5.91 Å². The highest BCUT2D eigenvalue weighted by Crippen LogP contribution is 2.05. The molecule has 0 aromatic carbocycles. The Hall–Kier alpha value is -0.610. The van der Waals surface area contributed by atoms with Crippen LogP contribution in [0.2, 0.25) is 0 Å². The van der Waals surface area contributed by atoms with E-state index >= 15 is 0 Å². The van der Waals surface area contributed by atoms with Crippen LogP contribution in [0.25, 0.3) is 0 Å². The van der Waals surface area contributed by atoms with Gasteiger partial charge in [-0.1, -0.05) is 20.3 Å². The van der Waals surface area contributed by atoms with Crippen LogP contribution in [-0.2, 0) is 9.53 Å². The molecule has 0 spiro atoms. The number of hydrogen-bond acceptors (Lipinski definition) is 3. The summed E-state index contributed by atoms with van der Waals surface area (Å²) in [6, 6.07) is -0.285. The maximum absolute atomic E-state index is 11.6. The van der Waals surface area contributed by atoms with Gasteiger partial charge in [0.15, 0.2) is 0 Å². The van der Waals surface area contributed by atoms with Gasteiger partial charge in [-0.3, -0.25) is 4.79 Å². The maximum atomic E-state index is 11.6. The number of nitrogens with two attached hydrogens (primary N) is 1. The minimum absolute atomic E-state index is 0.0621. The van der Waals surface area contributed by atoms with Gasteiger partial charge in [0.25, 0.3) is 0 Å². The van der Waals surface area contributed by atoms with Crippen molar-refractivity contribution in [3.8, 4) is 0 Å². The molecule has 0 bridgehead atoms. The van der Waals surface area contributed by atoms with Crippen molar-refractivity contribution in [1.29, 1.82) is 0 Å². The van der Waals surface area contributed by atoms with Gasteiger partial charge in [-0.25, -0.2) is 0 Å². The van der Waals surface area contributed by atoms with Crippen LogP contribution >= 0.6 is 0 Å². The fraction of sp³-hybridized carbons (Fsp3) is 0.909. The van der Waals surface area contributed by atoms with E-state index in [0.29, 0.717) is 6.61 Å². The van der Waals surface area contributed by atoms with Gasteiger partial charge in [0.1, 0.15) is 0 Å². The van der Waals surface area contributed by atoms with E-state index in [1.807, 2.05) is 20.8 Å². The number of amides is 1. The summed E-state index contributed by atoms with van der Waals surface area (Å²) in [5.74, 6) is 0.160. The topological polar surface area (TPSA) is 64.4 Å². The minimum Gasteiger partial charge on any atom is -0.385 e. The molecular formula is C11H24N2O2. The Labute approximate surface area is 92.6 Å². The fourth-order valence-corrected chi connectivity index (χ4v) is 1.22. The molecule has 3 unspecified atom stereocenters. The van der Waals surface area contributed by atoms with Crippen molar-refractivity contribution in [2.75, 3.05) is 13.7 Å². The van der Waals surface area contributed by atoms with Gasteiger partial charge in [-0.05, 0) is 19.3 Å². The number of hydrogen-bond donors (Lipinski definition) is 2. The third-order valence-corrected chi connectivity index (χ3v) is 2.70. The molecule has 0 aliphatic carbocycles. The largest absolute Gasteiger partial charge is 0.385 e. The van der Waals surface area contributed by atoms with Crippen molar-refractivity contribution in [1.82, 2.24) is 5.32 Å². The highest BCUT2D eigenvalue weighted by Gasteiger charge is 2.20. The van der Waals surface area contributed by atoms with E-state index in [0.717, 1.165) is 12.8 Å². The average Bonchev–Trinajstić information content (AvgIpc) is 2.23. The Balaban J connectivity index is 3.90. The Bertz CT molecular complexity index is 185. The number of ether oxygens (including phenoxy) is 1. The fourth-order valence-electron chi connectivity index (χ4n) is 1.22. The third kappa shape index (κ3) is 5.74. The second-order valence-electron chi connectivity index (χ2n) is 4.10. The number of carbonyl (C=O) groups is 1. The van der Waals surface area contributed by atoms with Crippen molar-refractivity contribution in [2.24, 2.45) is 11.7 Å². The van der Waals surface area contributed by atoms with Crippen LogP contribution in [0.5, 0.6) is 0 Å². The number of methoxy groups -OCH3 is 1. The van der Waals surface area contributed by atoms with E-state index in [1.165, 1.54) is 0 Å². The first-order valence-corrected chi connectivity index (χ1v) is 5.57. The third-order valence-electron chi connectivity index (χ3n) is 2.70. The molecular weight excluding hydrogens is 192 g/mol. The van der Waals surface area contributed by atoms with Crippen LogP contribution in [0.4, 0.5) is 0 Å². The van der Waals surface area contributed by atoms with Gasteiger partial charge in [-0.2, -0.15) is 0 Å². The molecule has 90 valence electrons. The normalized spacial score (nSPS) is 16.9. The SMILES string of the molecule is CCC(C)C(N)C(=O)NC(C)CCOC. The van der Waals surface area contributed by atoms with Gasteiger partial charge < -0.3 is 15.8 Å². The van der Waals surface area contributed by atoms with Crippen LogP contribution in [0.1, 0.15) is 33.6 Å². The summed E-state index contributed by atoms with van der Waals surface area (Å²) in [4.78, 5) is 11.6. The molecule has 0 heterocycles. The van der Waals surface area contributed by atoms with Crippen molar-refractivity contribution in [3.63, 3.8) is 0 Å². The second kappa shape index (κ2) is 7.65. The van der Waals surface area contributed by atoms with Gasteiger partial charge in [-0.15, -0.1) is 0 Å². The van der Waals surface area contributed by atoms with Gasteiger partial charge >= 0.3 is 0 Å². The molecule has 3 atom stereocenters. The number of rotatable bonds is 7. The summed E-state index contributed by atoms with van der Waals surface area (Å²) in [6.45, 7) is 6.64. The Morgan fingerprint density at radius 1 is 1.47 bits per heavy atom. The zero-order valence-corrected chi connectivity index (χ0v) is 10.2. The summed E-state index contributed by atoms with van der Waals surface area (Å²) in [6.07, 6.45) is 1.73. The zero-order valence-electron chi connectivity index (χ0n) is 10.2. The lowest BCUT2D eigenvalue weighted by atomic mass is 9.99. The molecule has 0 aliphatic heterocycles. The van der Waals surface area contributed by atoms with E-state index in [-0.39, 0.29) is 17.9 Å². The summed E-state index contributed by atoms with van der Waals surface area (Å²) in [5.41, 5.74) is 5.80. The highest BCUT2D eigenvalue weighted by molar-refractivity contribution is 5.82. The quantitative estimate of drug-likeness (QED) is 0.664. The number of nitrogens with one attached hydrogen (secondary N) is 1. The minimum atomic E-state index is -0.403. The monoisotopic (exact) mass is 216 g/mol. The Kier molecular flexibility index (Phi) is 7.34. The average molecular weight is 216 g/mol. The van der Waals surface area contributed by atoms with Crippen molar-refractivity contribution in [2.45, 2.75) is 45.7 Å². The Morgan fingerprint density at radius 2 is 2.07 bits per heavy atom. The molecule has 15 heavy (non-hydrogen) atoms. The standard InChI is InChI=1S/C11H24N2O2/c1-5-8(2)10(12)11(14)13-9(3)6-7-15-4/h8-10H,5-7,12H2,1-4H3,(H,13,14). The molecule has 0 fully saturated rings. The highest BCUT2D eigenvalue weighted by atomic mass is 16.5. The van der Waals surface area contributed by atoms with E-state index in [9.17, 15) is 4.79 Å². The smallest absolute Gasteiger partial charge is 0.237 e. The van der Waals surface area contributed by atoms with Gasteiger partial charge in [0.05, 0.1) is 6.04 Å². The molecule has 0 saturated heterocycles. The first-order valence-electron chi connectivity index (χ1n) is 5.57. The van der Waals surface area contributed by atoms with Crippen molar-refractivity contribution < 1.29 is 9.53 Å². The van der Waals surface area contributed by atoms with Crippen LogP contribution in [-0.4, -0.2) is 31.7 Å². The molecule has 3 N–H and O–H groups in total. The molecule has 4 heteroatoms. The summed E-state index contributed by atoms with van der Waals surface area (Å²) < 4.78 is 4.94. The predicted molar refractivity (Wildman–Crippen MR) is 61.5 cm³/mol. The van der Waals surface area contributed by atoms with E-state index in [2.05, 4.69) is 5.32 Å². The van der Waals surface area contributed by atoms with Crippen LogP contribution < -0.4 is 11.1 Å². The summed E-state index contributed by atoms with van der Waals surface area (Å²) >= 11 is 0. The molecule has 0 saturated carbocycles. The lowest BCUT2D eigenvalue weighted by Crippen LogP contribution is -2.47. The number of carbonyl (C=O) groups excluding carboxylic acids is 1. The molecule has 4 nitrogen and oxygen atoms in total. The lowest BCUT2D eigenvalue weighted by molar-refractivity contribution is -0.124. The van der Waals surface area contributed by atoms with Crippen LogP contribution in [0.15, 0.2) is 0 Å². The van der Waals surface area contributed by atoms with Crippen molar-refractivity contribution >= 4 is 5.91 Å². The predicted octanol–water partition coefficient (Wildman–Crippen LogP) is 0.901. The van der Waals surface area contributed by atoms with E-state index in [1.54, 1.807) is 7.11 Å². The molecule has 0 aromatic heterocycles.